The van der Waals surface area contributed by atoms with E-state index in [4.69, 9.17) is 18.8 Å². The molecule has 0 radical (unpaired) electrons. The number of fused-ring (bicyclic) bond motifs is 6. The maximum absolute atomic E-state index is 9.43. The standard InChI is InChI=1S/C50H31N3O2/c1-2-8-43-32(7-1)13-16-39-30-37(22-28-44(39)43)35-14-15-38-31-42(27-21-36(38)29-35)53(40-23-17-33(18-24-40)49-51-45-9-3-5-11-47(45)54-49)41-25-19-34(20-26-41)50-52-46-10-4-6-12-48(46)55-50/h1-31H/i27D. The first kappa shape index (κ1) is 30.0. The van der Waals surface area contributed by atoms with Gasteiger partial charge in [0.25, 0.3) is 0 Å². The first-order valence-corrected chi connectivity index (χ1v) is 18.3. The predicted molar refractivity (Wildman–Crippen MR) is 225 cm³/mol. The van der Waals surface area contributed by atoms with Crippen molar-refractivity contribution in [2.45, 2.75) is 0 Å². The lowest BCUT2D eigenvalue weighted by molar-refractivity contribution is 0.619. The minimum absolute atomic E-state index is 0.408. The smallest absolute Gasteiger partial charge is 0.227 e. The van der Waals surface area contributed by atoms with E-state index in [9.17, 15) is 1.37 Å². The molecule has 0 bridgehead atoms. The highest BCUT2D eigenvalue weighted by Crippen LogP contribution is 2.39. The SMILES string of the molecule is [2H]c1cc2cc(-c3ccc4c(ccc5ccccc54)c3)ccc2cc1N(c1ccc(-c2nc3ccccc3o2)cc1)c1ccc(-c2nc3ccccc3o2)cc1. The molecule has 0 N–H and O–H groups in total. The highest BCUT2D eigenvalue weighted by molar-refractivity contribution is 6.08. The fourth-order valence-electron chi connectivity index (χ4n) is 7.60. The van der Waals surface area contributed by atoms with Gasteiger partial charge in [0.1, 0.15) is 11.0 Å². The number of oxazole rings is 2. The minimum atomic E-state index is 0.408. The normalized spacial score (nSPS) is 11.9. The summed E-state index contributed by atoms with van der Waals surface area (Å²) < 4.78 is 21.6. The summed E-state index contributed by atoms with van der Waals surface area (Å²) in [5, 5.41) is 7.00. The summed E-state index contributed by atoms with van der Waals surface area (Å²) >= 11 is 0. The quantitative estimate of drug-likeness (QED) is 0.161. The molecule has 0 unspecified atom stereocenters. The van der Waals surface area contributed by atoms with Gasteiger partial charge >= 0.3 is 0 Å². The molecule has 11 aromatic rings. The molecule has 9 aromatic carbocycles. The molecule has 0 atom stereocenters. The van der Waals surface area contributed by atoms with Crippen molar-refractivity contribution >= 4 is 71.6 Å². The van der Waals surface area contributed by atoms with E-state index in [1.165, 1.54) is 21.5 Å². The van der Waals surface area contributed by atoms with E-state index in [1.54, 1.807) is 0 Å². The highest BCUT2D eigenvalue weighted by atomic mass is 16.4. The molecule has 0 amide bonds. The molecule has 258 valence electrons. The van der Waals surface area contributed by atoms with Crippen LogP contribution in [0.2, 0.25) is 0 Å². The molecule has 0 aliphatic rings. The van der Waals surface area contributed by atoms with Gasteiger partial charge < -0.3 is 13.7 Å². The molecule has 5 nitrogen and oxygen atoms in total. The highest BCUT2D eigenvalue weighted by Gasteiger charge is 2.17. The summed E-state index contributed by atoms with van der Waals surface area (Å²) in [4.78, 5) is 11.5. The Hall–Kier alpha value is -7.50. The monoisotopic (exact) mass is 706 g/mol. The molecule has 0 fully saturated rings. The molecule has 0 saturated carbocycles. The Balaban J connectivity index is 0.988. The van der Waals surface area contributed by atoms with E-state index in [2.05, 4.69) is 108 Å². The van der Waals surface area contributed by atoms with Crippen molar-refractivity contribution in [3.63, 3.8) is 0 Å². The second kappa shape index (κ2) is 12.6. The van der Waals surface area contributed by atoms with Gasteiger partial charge in [0.15, 0.2) is 11.2 Å². The van der Waals surface area contributed by atoms with E-state index in [0.717, 1.165) is 72.3 Å². The number of hydrogen-bond acceptors (Lipinski definition) is 5. The summed E-state index contributed by atoms with van der Waals surface area (Å²) in [6.07, 6.45) is 0. The summed E-state index contributed by atoms with van der Waals surface area (Å²) in [5.74, 6) is 1.13. The number of benzene rings is 9. The second-order valence-electron chi connectivity index (χ2n) is 13.8. The molecule has 0 spiro atoms. The van der Waals surface area contributed by atoms with Crippen LogP contribution in [-0.2, 0) is 0 Å². The maximum Gasteiger partial charge on any atom is 0.227 e. The minimum Gasteiger partial charge on any atom is -0.436 e. The molecule has 5 heteroatoms. The van der Waals surface area contributed by atoms with Crippen molar-refractivity contribution in [1.29, 1.82) is 0 Å². The zero-order valence-corrected chi connectivity index (χ0v) is 29.5. The molecule has 0 saturated heterocycles. The van der Waals surface area contributed by atoms with Crippen molar-refractivity contribution in [3.05, 3.63) is 188 Å². The third-order valence-corrected chi connectivity index (χ3v) is 10.4. The zero-order chi connectivity index (χ0) is 37.2. The third-order valence-electron chi connectivity index (χ3n) is 10.4. The van der Waals surface area contributed by atoms with Crippen molar-refractivity contribution in [3.8, 4) is 34.0 Å². The Labute approximate surface area is 317 Å². The number of rotatable bonds is 6. The summed E-state index contributed by atoms with van der Waals surface area (Å²) in [6, 6.07) is 62.4. The molecule has 2 heterocycles. The fraction of sp³-hybridized carbons (Fsp3) is 0. The molecular weight excluding hydrogens is 675 g/mol. The van der Waals surface area contributed by atoms with Gasteiger partial charge in [-0.25, -0.2) is 9.97 Å². The van der Waals surface area contributed by atoms with Gasteiger partial charge in [0.2, 0.25) is 11.8 Å². The summed E-state index contributed by atoms with van der Waals surface area (Å²) in [6.45, 7) is 0. The number of hydrogen-bond donors (Lipinski definition) is 0. The van der Waals surface area contributed by atoms with Crippen LogP contribution in [0.1, 0.15) is 1.37 Å². The lowest BCUT2D eigenvalue weighted by Crippen LogP contribution is -2.09. The Morgan fingerprint density at radius 2 is 0.873 bits per heavy atom. The van der Waals surface area contributed by atoms with E-state index in [-0.39, 0.29) is 0 Å². The molecular formula is C50H31N3O2. The van der Waals surface area contributed by atoms with Crippen LogP contribution in [-0.4, -0.2) is 9.97 Å². The van der Waals surface area contributed by atoms with Gasteiger partial charge in [-0.2, -0.15) is 0 Å². The zero-order valence-electron chi connectivity index (χ0n) is 30.5. The Kier molecular flexibility index (Phi) is 6.86. The van der Waals surface area contributed by atoms with Crippen LogP contribution in [0.5, 0.6) is 0 Å². The van der Waals surface area contributed by atoms with E-state index in [1.807, 2.05) is 78.9 Å². The van der Waals surface area contributed by atoms with Gasteiger partial charge in [0, 0.05) is 28.2 Å². The van der Waals surface area contributed by atoms with Gasteiger partial charge in [-0.3, -0.25) is 0 Å². The van der Waals surface area contributed by atoms with Crippen LogP contribution in [0, 0.1) is 0 Å². The topological polar surface area (TPSA) is 55.3 Å². The molecule has 2 aromatic heterocycles. The van der Waals surface area contributed by atoms with E-state index in [0.29, 0.717) is 17.8 Å². The van der Waals surface area contributed by atoms with Crippen LogP contribution in [0.4, 0.5) is 17.1 Å². The van der Waals surface area contributed by atoms with Crippen LogP contribution < -0.4 is 4.90 Å². The third kappa shape index (κ3) is 5.49. The van der Waals surface area contributed by atoms with Gasteiger partial charge in [-0.05, 0) is 140 Å². The van der Waals surface area contributed by atoms with Crippen molar-refractivity contribution in [2.75, 3.05) is 4.90 Å². The lowest BCUT2D eigenvalue weighted by Gasteiger charge is -2.26. The number of aromatic nitrogens is 2. The maximum atomic E-state index is 9.43. The molecule has 55 heavy (non-hydrogen) atoms. The largest absolute Gasteiger partial charge is 0.436 e. The number of nitrogens with zero attached hydrogens (tertiary/aromatic N) is 3. The van der Waals surface area contributed by atoms with Crippen molar-refractivity contribution in [1.82, 2.24) is 9.97 Å². The molecule has 0 aliphatic carbocycles. The fourth-order valence-corrected chi connectivity index (χ4v) is 7.60. The second-order valence-corrected chi connectivity index (χ2v) is 13.8. The molecule has 11 rings (SSSR count). The summed E-state index contributed by atoms with van der Waals surface area (Å²) in [7, 11) is 0. The van der Waals surface area contributed by atoms with Gasteiger partial charge in [0.05, 0.1) is 1.37 Å². The Bertz CT molecular complexity index is 3090. The first-order chi connectivity index (χ1) is 27.6. The van der Waals surface area contributed by atoms with Crippen LogP contribution >= 0.6 is 0 Å². The summed E-state index contributed by atoms with van der Waals surface area (Å²) in [5.41, 5.74) is 9.68. The molecule has 0 aliphatic heterocycles. The van der Waals surface area contributed by atoms with Crippen molar-refractivity contribution < 1.29 is 10.2 Å². The number of para-hydroxylation sites is 4. The van der Waals surface area contributed by atoms with Gasteiger partial charge in [-0.15, -0.1) is 0 Å². The van der Waals surface area contributed by atoms with Crippen LogP contribution in [0.15, 0.2) is 197 Å². The van der Waals surface area contributed by atoms with Crippen LogP contribution in [0.25, 0.3) is 88.6 Å². The Morgan fingerprint density at radius 3 is 1.53 bits per heavy atom. The van der Waals surface area contributed by atoms with Crippen LogP contribution in [0.3, 0.4) is 0 Å². The van der Waals surface area contributed by atoms with Crippen molar-refractivity contribution in [2.24, 2.45) is 0 Å². The van der Waals surface area contributed by atoms with Gasteiger partial charge in [-0.1, -0.05) is 91.0 Å². The van der Waals surface area contributed by atoms with E-state index < -0.39 is 0 Å². The lowest BCUT2D eigenvalue weighted by atomic mass is 9.96. The predicted octanol–water partition coefficient (Wildman–Crippen LogP) is 13.9. The number of anilines is 3. The van der Waals surface area contributed by atoms with E-state index >= 15 is 0 Å². The average Bonchev–Trinajstić information content (AvgIpc) is 3.89. The average molecular weight is 707 g/mol. The Morgan fingerprint density at radius 1 is 0.382 bits per heavy atom. The first-order valence-electron chi connectivity index (χ1n) is 18.8.